The third kappa shape index (κ3) is 3.97. The predicted octanol–water partition coefficient (Wildman–Crippen LogP) is 2.31. The summed E-state index contributed by atoms with van der Waals surface area (Å²) < 4.78 is 33.8. The zero-order chi connectivity index (χ0) is 23.9. The Morgan fingerprint density at radius 1 is 1.17 bits per heavy atom. The van der Waals surface area contributed by atoms with Crippen LogP contribution in [0.15, 0.2) is 36.9 Å². The molecule has 1 aromatic carbocycles. The third-order valence-corrected chi connectivity index (χ3v) is 5.72. The molecule has 4 aromatic heterocycles. The van der Waals surface area contributed by atoms with Crippen LogP contribution in [-0.4, -0.2) is 65.6 Å². The fourth-order valence-electron chi connectivity index (χ4n) is 4.00. The molecule has 1 aliphatic rings. The monoisotopic (exact) mass is 481 g/mol. The number of nitrogens with two attached hydrogens (primary N) is 1. The number of H-pyrrole nitrogens is 1. The number of imidazole rings is 2. The van der Waals surface area contributed by atoms with Crippen molar-refractivity contribution in [2.75, 3.05) is 42.3 Å². The highest BCUT2D eigenvalue weighted by Gasteiger charge is 2.21. The number of morpholine rings is 1. The molecular formula is C21H21F2N11O. The molecule has 6 rings (SSSR count). The van der Waals surface area contributed by atoms with Crippen molar-refractivity contribution in [1.29, 1.82) is 0 Å². The van der Waals surface area contributed by atoms with Crippen LogP contribution >= 0.6 is 0 Å². The van der Waals surface area contributed by atoms with Crippen molar-refractivity contribution in [3.05, 3.63) is 42.7 Å². The summed E-state index contributed by atoms with van der Waals surface area (Å²) in [5.74, 6) is 1.68. The molecule has 0 unspecified atom stereocenters. The van der Waals surface area contributed by atoms with Crippen LogP contribution < -0.4 is 16.0 Å². The van der Waals surface area contributed by atoms with Crippen LogP contribution in [0, 0.1) is 0 Å². The summed E-state index contributed by atoms with van der Waals surface area (Å²) in [6, 6.07) is 5.48. The van der Waals surface area contributed by atoms with E-state index in [4.69, 9.17) is 20.4 Å². The third-order valence-electron chi connectivity index (χ3n) is 5.72. The van der Waals surface area contributed by atoms with Crippen LogP contribution in [0.3, 0.4) is 0 Å². The summed E-state index contributed by atoms with van der Waals surface area (Å²) in [7, 11) is 0. The Hall–Kier alpha value is -4.33. The maximum absolute atomic E-state index is 13.1. The number of aromatic amines is 1. The summed E-state index contributed by atoms with van der Waals surface area (Å²) >= 11 is 0. The van der Waals surface area contributed by atoms with Gasteiger partial charge in [0.25, 0.3) is 0 Å². The summed E-state index contributed by atoms with van der Waals surface area (Å²) in [5, 5.41) is 7.02. The molecular weight excluding hydrogens is 460 g/mol. The van der Waals surface area contributed by atoms with Crippen LogP contribution in [0.2, 0.25) is 0 Å². The number of hydrogen-bond donors (Lipinski definition) is 3. The van der Waals surface area contributed by atoms with Gasteiger partial charge in [-0.05, 0) is 18.2 Å². The van der Waals surface area contributed by atoms with Crippen LogP contribution in [-0.2, 0) is 11.3 Å². The van der Waals surface area contributed by atoms with Gasteiger partial charge in [-0.1, -0.05) is 0 Å². The van der Waals surface area contributed by atoms with Gasteiger partial charge < -0.3 is 25.7 Å². The molecule has 0 spiro atoms. The minimum absolute atomic E-state index is 0.347. The van der Waals surface area contributed by atoms with E-state index in [1.807, 2.05) is 17.0 Å². The maximum atomic E-state index is 13.1. The number of nitrogens with zero attached hydrogens (tertiary/aromatic N) is 8. The van der Waals surface area contributed by atoms with Gasteiger partial charge in [-0.2, -0.15) is 23.8 Å². The average Bonchev–Trinajstić information content (AvgIpc) is 3.60. The highest BCUT2D eigenvalue weighted by atomic mass is 19.3. The second-order valence-electron chi connectivity index (χ2n) is 8.03. The van der Waals surface area contributed by atoms with Crippen LogP contribution in [0.5, 0.6) is 0 Å². The highest BCUT2D eigenvalue weighted by molar-refractivity contribution is 5.85. The second-order valence-corrected chi connectivity index (χ2v) is 8.03. The average molecular weight is 481 g/mol. The van der Waals surface area contributed by atoms with Gasteiger partial charge in [0.1, 0.15) is 12.2 Å². The van der Waals surface area contributed by atoms with Crippen molar-refractivity contribution >= 4 is 39.7 Å². The van der Waals surface area contributed by atoms with E-state index in [0.29, 0.717) is 77.7 Å². The van der Waals surface area contributed by atoms with Gasteiger partial charge in [-0.3, -0.25) is 4.57 Å². The number of benzene rings is 1. The Labute approximate surface area is 196 Å². The molecule has 0 amide bonds. The highest BCUT2D eigenvalue weighted by Crippen LogP contribution is 2.26. The first kappa shape index (κ1) is 21.2. The summed E-state index contributed by atoms with van der Waals surface area (Å²) in [4.78, 5) is 23.7. The molecule has 1 aliphatic heterocycles. The Morgan fingerprint density at radius 3 is 2.83 bits per heavy atom. The smallest absolute Gasteiger partial charge is 0.333 e. The van der Waals surface area contributed by atoms with Crippen LogP contribution in [0.25, 0.3) is 27.9 Å². The second kappa shape index (κ2) is 8.47. The topological polar surface area (TPSA) is 141 Å². The number of alkyl halides is 2. The Morgan fingerprint density at radius 2 is 2.03 bits per heavy atom. The first-order valence-electron chi connectivity index (χ1n) is 10.9. The standard InChI is InChI=1S/C21H21F2N11O/c22-20(23)34-10-13(8-27-34)33-11-26-17-18(30-21(31-19(17)33)32-3-5-35-6-4-32)25-9-16-28-14-2-1-12(24)7-15(14)29-16/h1-2,7-8,10-11,20H,3-6,9,24H2,(H,28,29)(H,25,30,31). The van der Waals surface area contributed by atoms with Gasteiger partial charge >= 0.3 is 6.55 Å². The van der Waals surface area contributed by atoms with E-state index in [1.54, 1.807) is 10.6 Å². The number of hydrogen-bond acceptors (Lipinski definition) is 9. The largest absolute Gasteiger partial charge is 0.399 e. The van der Waals surface area contributed by atoms with E-state index >= 15 is 0 Å². The normalized spacial score (nSPS) is 14.4. The lowest BCUT2D eigenvalue weighted by Crippen LogP contribution is -2.37. The number of halogens is 2. The summed E-state index contributed by atoms with van der Waals surface area (Å²) in [6.45, 7) is -0.00645. The quantitative estimate of drug-likeness (QED) is 0.312. The number of nitrogens with one attached hydrogen (secondary N) is 2. The molecule has 12 nitrogen and oxygen atoms in total. The summed E-state index contributed by atoms with van der Waals surface area (Å²) in [6.07, 6.45) is 4.11. The minimum atomic E-state index is -2.74. The molecule has 0 aliphatic carbocycles. The first-order valence-corrected chi connectivity index (χ1v) is 10.9. The molecule has 1 saturated heterocycles. The van der Waals surface area contributed by atoms with Crippen molar-refractivity contribution in [3.8, 4) is 5.69 Å². The van der Waals surface area contributed by atoms with Gasteiger partial charge in [0.2, 0.25) is 5.95 Å². The van der Waals surface area contributed by atoms with E-state index in [2.05, 4.69) is 25.4 Å². The maximum Gasteiger partial charge on any atom is 0.333 e. The van der Waals surface area contributed by atoms with Crippen molar-refractivity contribution in [2.24, 2.45) is 0 Å². The van der Waals surface area contributed by atoms with Gasteiger partial charge in [-0.15, -0.1) is 0 Å². The SMILES string of the molecule is Nc1ccc2nc(CNc3nc(N4CCOCC4)nc4c3ncn4-c3cnn(C(F)F)c3)[nH]c2c1. The van der Waals surface area contributed by atoms with Gasteiger partial charge in [0.15, 0.2) is 17.0 Å². The lowest BCUT2D eigenvalue weighted by atomic mass is 10.3. The Kier molecular flexibility index (Phi) is 5.13. The molecule has 0 saturated carbocycles. The van der Waals surface area contributed by atoms with Gasteiger partial charge in [0.05, 0.1) is 48.9 Å². The molecule has 14 heteroatoms. The summed E-state index contributed by atoms with van der Waals surface area (Å²) in [5.41, 5.74) is 9.53. The zero-order valence-corrected chi connectivity index (χ0v) is 18.4. The van der Waals surface area contributed by atoms with Crippen molar-refractivity contribution in [3.63, 3.8) is 0 Å². The molecule has 0 atom stereocenters. The molecule has 5 aromatic rings. The van der Waals surface area contributed by atoms with Gasteiger partial charge in [0, 0.05) is 18.8 Å². The van der Waals surface area contributed by atoms with E-state index in [9.17, 15) is 8.78 Å². The molecule has 1 fully saturated rings. The lowest BCUT2D eigenvalue weighted by molar-refractivity contribution is 0.0566. The van der Waals surface area contributed by atoms with Crippen LogP contribution in [0.4, 0.5) is 26.2 Å². The molecule has 35 heavy (non-hydrogen) atoms. The fourth-order valence-corrected chi connectivity index (χ4v) is 4.00. The van der Waals surface area contributed by atoms with E-state index < -0.39 is 6.55 Å². The minimum Gasteiger partial charge on any atom is -0.399 e. The fraction of sp³-hybridized carbons (Fsp3) is 0.286. The number of fused-ring (bicyclic) bond motifs is 2. The van der Waals surface area contributed by atoms with Gasteiger partial charge in [-0.25, -0.2) is 14.6 Å². The predicted molar refractivity (Wildman–Crippen MR) is 125 cm³/mol. The molecule has 0 radical (unpaired) electrons. The number of nitrogen functional groups attached to an aromatic ring is 1. The Bertz CT molecular complexity index is 1500. The van der Waals surface area contributed by atoms with E-state index in [-0.39, 0.29) is 0 Å². The molecule has 0 bridgehead atoms. The van der Waals surface area contributed by atoms with E-state index in [1.165, 1.54) is 18.7 Å². The van der Waals surface area contributed by atoms with Crippen LogP contribution in [0.1, 0.15) is 12.4 Å². The van der Waals surface area contributed by atoms with Crippen molar-refractivity contribution in [1.82, 2.24) is 39.3 Å². The number of anilines is 3. The zero-order valence-electron chi connectivity index (χ0n) is 18.4. The molecule has 4 N–H and O–H groups in total. The van der Waals surface area contributed by atoms with Crippen molar-refractivity contribution in [2.45, 2.75) is 13.1 Å². The number of aromatic nitrogens is 8. The number of rotatable bonds is 6. The van der Waals surface area contributed by atoms with Crippen molar-refractivity contribution < 1.29 is 13.5 Å². The molecule has 5 heterocycles. The Balaban J connectivity index is 1.38. The lowest BCUT2D eigenvalue weighted by Gasteiger charge is -2.27. The number of ether oxygens (including phenoxy) is 1. The molecule has 180 valence electrons. The van der Waals surface area contributed by atoms with E-state index in [0.717, 1.165) is 11.0 Å². The first-order chi connectivity index (χ1) is 17.0.